The molecule has 0 saturated carbocycles. The smallest absolute Gasteiger partial charge is 0.128 e. The van der Waals surface area contributed by atoms with Crippen molar-refractivity contribution in [3.05, 3.63) is 53.6 Å². The highest BCUT2D eigenvalue weighted by molar-refractivity contribution is 8.18. The van der Waals surface area contributed by atoms with Gasteiger partial charge < -0.3 is 4.74 Å². The summed E-state index contributed by atoms with van der Waals surface area (Å²) in [5.74, 6) is 1.05. The minimum absolute atomic E-state index is 0.193. The summed E-state index contributed by atoms with van der Waals surface area (Å²) in [7, 11) is 0. The molecular weight excluding hydrogens is 260 g/mol. The first-order valence-electron chi connectivity index (χ1n) is 6.04. The second kappa shape index (κ2) is 4.25. The van der Waals surface area contributed by atoms with Gasteiger partial charge in [0.15, 0.2) is 0 Å². The van der Waals surface area contributed by atoms with Gasteiger partial charge in [-0.15, -0.1) is 23.5 Å². The number of para-hydroxylation sites is 1. The van der Waals surface area contributed by atoms with Crippen molar-refractivity contribution in [2.24, 2.45) is 0 Å². The summed E-state index contributed by atoms with van der Waals surface area (Å²) < 4.78 is 6.04. The van der Waals surface area contributed by atoms with E-state index in [9.17, 15) is 0 Å². The number of hydrogen-bond acceptors (Lipinski definition) is 3. The van der Waals surface area contributed by atoms with E-state index in [1.807, 2.05) is 29.6 Å². The van der Waals surface area contributed by atoms with Crippen molar-refractivity contribution in [1.29, 1.82) is 0 Å². The second-order valence-corrected chi connectivity index (χ2v) is 6.93. The van der Waals surface area contributed by atoms with Crippen molar-refractivity contribution in [2.75, 3.05) is 5.08 Å². The molecule has 0 N–H and O–H groups in total. The van der Waals surface area contributed by atoms with Crippen LogP contribution in [0.2, 0.25) is 0 Å². The van der Waals surface area contributed by atoms with Crippen molar-refractivity contribution < 1.29 is 4.74 Å². The number of rotatable bonds is 1. The predicted octanol–water partition coefficient (Wildman–Crippen LogP) is 4.52. The van der Waals surface area contributed by atoms with Gasteiger partial charge in [0.2, 0.25) is 0 Å². The molecule has 0 aromatic heterocycles. The predicted molar refractivity (Wildman–Crippen MR) is 76.5 cm³/mol. The summed E-state index contributed by atoms with van der Waals surface area (Å²) >= 11 is 3.86. The van der Waals surface area contributed by atoms with E-state index < -0.39 is 0 Å². The molecule has 2 aromatic rings. The first-order valence-corrected chi connectivity index (χ1v) is 8.01. The van der Waals surface area contributed by atoms with Crippen molar-refractivity contribution in [2.45, 2.75) is 22.3 Å². The van der Waals surface area contributed by atoms with Crippen LogP contribution in [0.4, 0.5) is 0 Å². The highest BCUT2D eigenvalue weighted by atomic mass is 32.2. The molecule has 2 heterocycles. The van der Waals surface area contributed by atoms with Crippen molar-refractivity contribution in [3.63, 3.8) is 0 Å². The lowest BCUT2D eigenvalue weighted by Crippen LogP contribution is -2.03. The van der Waals surface area contributed by atoms with Gasteiger partial charge in [0.1, 0.15) is 11.9 Å². The molecule has 0 spiro atoms. The Labute approximate surface area is 115 Å². The van der Waals surface area contributed by atoms with Crippen LogP contribution in [0.5, 0.6) is 5.75 Å². The molecule has 4 rings (SSSR count). The Morgan fingerprint density at radius 3 is 2.83 bits per heavy atom. The Morgan fingerprint density at radius 1 is 1.00 bits per heavy atom. The molecule has 0 amide bonds. The molecule has 0 bridgehead atoms. The zero-order valence-electron chi connectivity index (χ0n) is 9.76. The fourth-order valence-electron chi connectivity index (χ4n) is 2.48. The van der Waals surface area contributed by atoms with Crippen LogP contribution in [0.25, 0.3) is 0 Å². The van der Waals surface area contributed by atoms with E-state index in [1.165, 1.54) is 20.9 Å². The van der Waals surface area contributed by atoms with Crippen LogP contribution in [0.15, 0.2) is 52.3 Å². The molecule has 2 aliphatic rings. The molecule has 0 radical (unpaired) electrons. The maximum Gasteiger partial charge on any atom is 0.128 e. The molecule has 1 unspecified atom stereocenters. The summed E-state index contributed by atoms with van der Waals surface area (Å²) in [6, 6.07) is 15.1. The van der Waals surface area contributed by atoms with Gasteiger partial charge in [0, 0.05) is 21.3 Å². The van der Waals surface area contributed by atoms with Crippen LogP contribution in [0, 0.1) is 0 Å². The van der Waals surface area contributed by atoms with Gasteiger partial charge in [0.25, 0.3) is 0 Å². The molecule has 18 heavy (non-hydrogen) atoms. The summed E-state index contributed by atoms with van der Waals surface area (Å²) in [4.78, 5) is 2.83. The molecule has 0 fully saturated rings. The minimum Gasteiger partial charge on any atom is -0.485 e. The summed E-state index contributed by atoms with van der Waals surface area (Å²) in [6.45, 7) is 0. The van der Waals surface area contributed by atoms with E-state index in [1.54, 1.807) is 0 Å². The van der Waals surface area contributed by atoms with Crippen LogP contribution in [0.1, 0.15) is 17.2 Å². The fraction of sp³-hybridized carbons (Fsp3) is 0.200. The van der Waals surface area contributed by atoms with Crippen LogP contribution in [-0.2, 0) is 6.42 Å². The van der Waals surface area contributed by atoms with Crippen LogP contribution in [0.3, 0.4) is 0 Å². The number of hydrogen-bond donors (Lipinski definition) is 0. The molecule has 2 aromatic carbocycles. The van der Waals surface area contributed by atoms with Crippen LogP contribution >= 0.6 is 23.5 Å². The van der Waals surface area contributed by atoms with E-state index in [-0.39, 0.29) is 6.10 Å². The van der Waals surface area contributed by atoms with Gasteiger partial charge in [-0.1, -0.05) is 24.3 Å². The minimum atomic E-state index is 0.193. The number of thioether (sulfide) groups is 2. The summed E-state index contributed by atoms with van der Waals surface area (Å²) in [5.41, 5.74) is 2.63. The van der Waals surface area contributed by atoms with Crippen LogP contribution in [-0.4, -0.2) is 5.08 Å². The number of benzene rings is 2. The monoisotopic (exact) mass is 272 g/mol. The molecule has 0 aliphatic carbocycles. The van der Waals surface area contributed by atoms with Crippen molar-refractivity contribution >= 4 is 23.5 Å². The highest BCUT2D eigenvalue weighted by Gasteiger charge is 2.25. The third-order valence-electron chi connectivity index (χ3n) is 3.42. The Hall–Kier alpha value is -1.06. The van der Waals surface area contributed by atoms with Gasteiger partial charge in [-0.25, -0.2) is 0 Å². The standard InChI is InChI=1S/C15H12OS2/c1-2-4-12-10(3-1)7-13(16-12)11-5-6-14-15(8-11)18-9-17-14/h1-6,8,13H,7,9H2. The third kappa shape index (κ3) is 1.73. The maximum atomic E-state index is 6.04. The van der Waals surface area contributed by atoms with Gasteiger partial charge in [-0.3, -0.25) is 0 Å². The number of fused-ring (bicyclic) bond motifs is 2. The van der Waals surface area contributed by atoms with Gasteiger partial charge in [-0.2, -0.15) is 0 Å². The third-order valence-corrected chi connectivity index (χ3v) is 5.80. The molecule has 1 atom stereocenters. The summed E-state index contributed by atoms with van der Waals surface area (Å²) in [6.07, 6.45) is 1.19. The van der Waals surface area contributed by atoms with Crippen LogP contribution < -0.4 is 4.74 Å². The molecule has 0 saturated heterocycles. The molecule has 90 valence electrons. The summed E-state index contributed by atoms with van der Waals surface area (Å²) in [5, 5.41) is 1.14. The zero-order chi connectivity index (χ0) is 11.9. The maximum absolute atomic E-state index is 6.04. The zero-order valence-corrected chi connectivity index (χ0v) is 11.4. The largest absolute Gasteiger partial charge is 0.485 e. The topological polar surface area (TPSA) is 9.23 Å². The Kier molecular flexibility index (Phi) is 2.55. The Bertz CT molecular complexity index is 584. The molecule has 2 aliphatic heterocycles. The van der Waals surface area contributed by atoms with Gasteiger partial charge in [-0.05, 0) is 29.3 Å². The average Bonchev–Trinajstić information content (AvgIpc) is 3.04. The quantitative estimate of drug-likeness (QED) is 0.755. The Balaban J connectivity index is 1.66. The Morgan fingerprint density at radius 2 is 1.89 bits per heavy atom. The van der Waals surface area contributed by atoms with Gasteiger partial charge >= 0.3 is 0 Å². The SMILES string of the molecule is c1ccc2c(c1)CC(c1ccc3c(c1)SCS3)O2. The van der Waals surface area contributed by atoms with E-state index in [4.69, 9.17) is 4.74 Å². The number of ether oxygens (including phenoxy) is 1. The van der Waals surface area contributed by atoms with Gasteiger partial charge in [0.05, 0.1) is 0 Å². The first kappa shape index (κ1) is 10.8. The van der Waals surface area contributed by atoms with E-state index >= 15 is 0 Å². The molecule has 3 heteroatoms. The molecule has 1 nitrogen and oxygen atoms in total. The lowest BCUT2D eigenvalue weighted by molar-refractivity contribution is 0.238. The van der Waals surface area contributed by atoms with Crippen molar-refractivity contribution in [1.82, 2.24) is 0 Å². The lowest BCUT2D eigenvalue weighted by atomic mass is 10.0. The average molecular weight is 272 g/mol. The first-order chi connectivity index (χ1) is 8.90. The lowest BCUT2D eigenvalue weighted by Gasteiger charge is -2.12. The second-order valence-electron chi connectivity index (χ2n) is 4.53. The molecular formula is C15H12OS2. The van der Waals surface area contributed by atoms with E-state index in [0.29, 0.717) is 0 Å². The highest BCUT2D eigenvalue weighted by Crippen LogP contribution is 2.44. The van der Waals surface area contributed by atoms with E-state index in [2.05, 4.69) is 36.4 Å². The normalized spacial score (nSPS) is 20.3. The van der Waals surface area contributed by atoms with E-state index in [0.717, 1.165) is 17.3 Å². The van der Waals surface area contributed by atoms with Crippen molar-refractivity contribution in [3.8, 4) is 5.75 Å². The fourth-order valence-corrected chi connectivity index (χ4v) is 4.88.